The molecule has 7 heteroatoms. The van der Waals surface area contributed by atoms with Gasteiger partial charge in [0, 0.05) is 44.6 Å². The minimum Gasteiger partial charge on any atom is -0.285 e. The van der Waals surface area contributed by atoms with Gasteiger partial charge in [0.05, 0.1) is 11.4 Å². The van der Waals surface area contributed by atoms with E-state index in [1.54, 1.807) is 11.8 Å². The first-order valence-electron chi connectivity index (χ1n) is 10.2. The topological polar surface area (TPSA) is 44.7 Å². The number of hydrogen-bond donors (Lipinski definition) is 1. The molecule has 3 aromatic carbocycles. The first-order valence-corrected chi connectivity index (χ1v) is 11.4. The summed E-state index contributed by atoms with van der Waals surface area (Å²) in [7, 11) is 6.05. The fourth-order valence-corrected chi connectivity index (χ4v) is 5.13. The SMILES string of the molecule is [B]c1cccc(C2=Nc3cc(C(=O)NN4CCCC4)ccc3Sc3cc(Cl)ccc32)c1. The van der Waals surface area contributed by atoms with Crippen molar-refractivity contribution in [3.63, 3.8) is 0 Å². The average Bonchev–Trinajstić information content (AvgIpc) is 3.20. The fourth-order valence-electron chi connectivity index (χ4n) is 3.85. The lowest BCUT2D eigenvalue weighted by atomic mass is 9.91. The fraction of sp³-hybridized carbons (Fsp3) is 0.167. The van der Waals surface area contributed by atoms with Crippen LogP contribution in [0.1, 0.15) is 34.3 Å². The molecule has 2 radical (unpaired) electrons. The van der Waals surface area contributed by atoms with Crippen LogP contribution < -0.4 is 10.9 Å². The highest BCUT2D eigenvalue weighted by atomic mass is 35.5. The smallest absolute Gasteiger partial charge is 0.265 e. The molecule has 0 atom stereocenters. The molecule has 0 unspecified atom stereocenters. The first-order chi connectivity index (χ1) is 15.1. The van der Waals surface area contributed by atoms with Gasteiger partial charge >= 0.3 is 0 Å². The molecular formula is C24H19BClN3OS. The van der Waals surface area contributed by atoms with E-state index in [9.17, 15) is 4.79 Å². The molecule has 0 aromatic heterocycles. The molecule has 5 rings (SSSR count). The second-order valence-corrected chi connectivity index (χ2v) is 9.17. The van der Waals surface area contributed by atoms with Gasteiger partial charge in [-0.15, -0.1) is 0 Å². The number of rotatable bonds is 3. The second-order valence-electron chi connectivity index (χ2n) is 7.65. The Hall–Kier alpha value is -2.54. The summed E-state index contributed by atoms with van der Waals surface area (Å²) in [5.41, 5.74) is 7.73. The third-order valence-corrected chi connectivity index (χ3v) is 6.76. The predicted octanol–water partition coefficient (Wildman–Crippen LogP) is 4.51. The van der Waals surface area contributed by atoms with E-state index in [1.165, 1.54) is 0 Å². The average molecular weight is 444 g/mol. The number of hydrogen-bond acceptors (Lipinski definition) is 4. The van der Waals surface area contributed by atoms with Crippen LogP contribution in [0.4, 0.5) is 5.69 Å². The number of nitrogens with one attached hydrogen (secondary N) is 1. The van der Waals surface area contributed by atoms with E-state index in [-0.39, 0.29) is 5.91 Å². The van der Waals surface area contributed by atoms with Crippen molar-refractivity contribution in [1.82, 2.24) is 10.4 Å². The van der Waals surface area contributed by atoms with Gasteiger partial charge < -0.3 is 0 Å². The standard InChI is InChI=1S/C24H19BClN3OS/c25-17-5-3-4-15(12-17)23-19-8-7-18(26)14-22(19)31-21-9-6-16(13-20(21)27-23)24(30)28-29-10-1-2-11-29/h3-9,12-14H,1-2,10-11H2,(H,28,30). The van der Waals surface area contributed by atoms with Gasteiger partial charge in [-0.05, 0) is 43.2 Å². The number of halogens is 1. The number of carbonyl (C=O) groups excluding carboxylic acids is 1. The van der Waals surface area contributed by atoms with Crippen molar-refractivity contribution in [2.24, 2.45) is 4.99 Å². The minimum absolute atomic E-state index is 0.111. The number of amides is 1. The lowest BCUT2D eigenvalue weighted by Crippen LogP contribution is -2.39. The van der Waals surface area contributed by atoms with E-state index in [0.29, 0.717) is 16.0 Å². The molecule has 2 heterocycles. The molecule has 4 nitrogen and oxygen atoms in total. The van der Waals surface area contributed by atoms with E-state index in [1.807, 2.05) is 65.7 Å². The Morgan fingerprint density at radius 1 is 1.03 bits per heavy atom. The van der Waals surface area contributed by atoms with Gasteiger partial charge in [0.15, 0.2) is 0 Å². The van der Waals surface area contributed by atoms with Crippen LogP contribution in [0.5, 0.6) is 0 Å². The zero-order valence-corrected chi connectivity index (χ0v) is 18.3. The molecule has 3 aromatic rings. The highest BCUT2D eigenvalue weighted by Gasteiger charge is 2.21. The van der Waals surface area contributed by atoms with Crippen molar-refractivity contribution in [3.8, 4) is 0 Å². The highest BCUT2D eigenvalue weighted by molar-refractivity contribution is 7.99. The number of carbonyl (C=O) groups is 1. The number of hydrazine groups is 1. The molecule has 1 saturated heterocycles. The molecule has 31 heavy (non-hydrogen) atoms. The molecule has 2 aliphatic heterocycles. The number of nitrogens with zero attached hydrogens (tertiary/aromatic N) is 2. The van der Waals surface area contributed by atoms with Crippen LogP contribution in [-0.4, -0.2) is 37.6 Å². The van der Waals surface area contributed by atoms with Crippen LogP contribution in [0.25, 0.3) is 0 Å². The molecule has 0 spiro atoms. The Labute approximate surface area is 192 Å². The maximum atomic E-state index is 12.8. The lowest BCUT2D eigenvalue weighted by Gasteiger charge is -2.16. The Bertz CT molecular complexity index is 1210. The molecule has 1 fully saturated rings. The predicted molar refractivity (Wildman–Crippen MR) is 127 cm³/mol. The van der Waals surface area contributed by atoms with Crippen molar-refractivity contribution in [2.45, 2.75) is 22.6 Å². The molecule has 1 N–H and O–H groups in total. The van der Waals surface area contributed by atoms with Crippen LogP contribution in [0.2, 0.25) is 5.02 Å². The van der Waals surface area contributed by atoms with Gasteiger partial charge in [-0.2, -0.15) is 0 Å². The third-order valence-electron chi connectivity index (χ3n) is 5.40. The number of benzene rings is 3. The first kappa shape index (κ1) is 20.4. The van der Waals surface area contributed by atoms with E-state index < -0.39 is 0 Å². The maximum Gasteiger partial charge on any atom is 0.265 e. The van der Waals surface area contributed by atoms with Gasteiger partial charge in [-0.25, -0.2) is 10.0 Å². The number of aliphatic imine (C=N–C) groups is 1. The zero-order chi connectivity index (χ0) is 21.4. The second kappa shape index (κ2) is 8.54. The summed E-state index contributed by atoms with van der Waals surface area (Å²) in [6.07, 6.45) is 2.21. The van der Waals surface area contributed by atoms with E-state index in [2.05, 4.69) is 5.43 Å². The van der Waals surface area contributed by atoms with Gasteiger partial charge in [0.2, 0.25) is 0 Å². The summed E-state index contributed by atoms with van der Waals surface area (Å²) >= 11 is 7.89. The van der Waals surface area contributed by atoms with Crippen LogP contribution in [0.15, 0.2) is 75.4 Å². The highest BCUT2D eigenvalue weighted by Crippen LogP contribution is 2.42. The summed E-state index contributed by atoms with van der Waals surface area (Å²) in [6, 6.07) is 19.1. The molecule has 152 valence electrons. The minimum atomic E-state index is -0.111. The van der Waals surface area contributed by atoms with Crippen molar-refractivity contribution in [2.75, 3.05) is 13.1 Å². The Kier molecular flexibility index (Phi) is 5.61. The normalized spacial score (nSPS) is 15.6. The van der Waals surface area contributed by atoms with Gasteiger partial charge in [-0.1, -0.05) is 59.2 Å². The molecule has 2 aliphatic rings. The summed E-state index contributed by atoms with van der Waals surface area (Å²) in [5.74, 6) is -0.111. The van der Waals surface area contributed by atoms with Crippen LogP contribution >= 0.6 is 23.4 Å². The summed E-state index contributed by atoms with van der Waals surface area (Å²) in [6.45, 7) is 1.78. The Balaban J connectivity index is 1.59. The largest absolute Gasteiger partial charge is 0.285 e. The Morgan fingerprint density at radius 2 is 1.87 bits per heavy atom. The molecular weight excluding hydrogens is 425 g/mol. The van der Waals surface area contributed by atoms with Gasteiger partial charge in [0.25, 0.3) is 5.91 Å². The van der Waals surface area contributed by atoms with Gasteiger partial charge in [0.1, 0.15) is 7.85 Å². The van der Waals surface area contributed by atoms with Crippen molar-refractivity contribution in [3.05, 3.63) is 82.4 Å². The molecule has 0 saturated carbocycles. The quantitative estimate of drug-likeness (QED) is 0.474. The van der Waals surface area contributed by atoms with E-state index >= 15 is 0 Å². The zero-order valence-electron chi connectivity index (χ0n) is 16.8. The van der Waals surface area contributed by atoms with Gasteiger partial charge in [-0.3, -0.25) is 10.2 Å². The van der Waals surface area contributed by atoms with E-state index in [4.69, 9.17) is 24.4 Å². The van der Waals surface area contributed by atoms with Crippen LogP contribution in [0.3, 0.4) is 0 Å². The third kappa shape index (κ3) is 4.29. The summed E-state index contributed by atoms with van der Waals surface area (Å²) in [4.78, 5) is 19.8. The monoisotopic (exact) mass is 443 g/mol. The summed E-state index contributed by atoms with van der Waals surface area (Å²) < 4.78 is 0. The molecule has 0 bridgehead atoms. The lowest BCUT2D eigenvalue weighted by molar-refractivity contribution is 0.0826. The molecule has 1 amide bonds. The van der Waals surface area contributed by atoms with Crippen molar-refractivity contribution >= 4 is 54.0 Å². The summed E-state index contributed by atoms with van der Waals surface area (Å²) in [5, 5.41) is 2.64. The van der Waals surface area contributed by atoms with Crippen LogP contribution in [-0.2, 0) is 0 Å². The van der Waals surface area contributed by atoms with Crippen LogP contribution in [0, 0.1) is 0 Å². The molecule has 0 aliphatic carbocycles. The Morgan fingerprint density at radius 3 is 2.68 bits per heavy atom. The number of fused-ring (bicyclic) bond motifs is 2. The maximum absolute atomic E-state index is 12.8. The van der Waals surface area contributed by atoms with E-state index in [0.717, 1.165) is 58.2 Å². The van der Waals surface area contributed by atoms with Crippen molar-refractivity contribution in [1.29, 1.82) is 0 Å². The van der Waals surface area contributed by atoms with Crippen molar-refractivity contribution < 1.29 is 4.79 Å².